The smallest absolute Gasteiger partial charge is 0.256 e. The largest absolute Gasteiger partial charge is 0.375 e. The predicted octanol–water partition coefficient (Wildman–Crippen LogP) is 2.06. The zero-order valence-electron chi connectivity index (χ0n) is 18.3. The maximum atomic E-state index is 13.0. The Morgan fingerprint density at radius 1 is 1.29 bits per heavy atom. The van der Waals surface area contributed by atoms with E-state index in [1.54, 1.807) is 20.2 Å². The van der Waals surface area contributed by atoms with Crippen LogP contribution in [-0.2, 0) is 36.9 Å². The Balaban J connectivity index is 1.35. The van der Waals surface area contributed by atoms with E-state index in [1.165, 1.54) is 0 Å². The Morgan fingerprint density at radius 2 is 2.06 bits per heavy atom. The fourth-order valence-corrected chi connectivity index (χ4v) is 7.09. The molecule has 8 nitrogen and oxygen atoms in total. The minimum Gasteiger partial charge on any atom is -0.375 e. The second-order valence-electron chi connectivity index (χ2n) is 9.43. The maximum Gasteiger partial charge on any atom is 0.256 e. The lowest BCUT2D eigenvalue weighted by Crippen LogP contribution is -2.53. The topological polar surface area (TPSA) is 111 Å². The number of carbonyl (C=O) groups excluding carboxylic acids is 2. The molecule has 4 rings (SSSR count). The fraction of sp³-hybridized carbons (Fsp3) is 0.727. The second-order valence-corrected chi connectivity index (χ2v) is 12.0. The van der Waals surface area contributed by atoms with Gasteiger partial charge in [0.2, 0.25) is 5.91 Å². The minimum atomic E-state index is -2.50. The van der Waals surface area contributed by atoms with E-state index in [4.69, 9.17) is 4.74 Å². The highest BCUT2D eigenvalue weighted by atomic mass is 32.2. The molecule has 3 heterocycles. The molecule has 0 saturated carbocycles. The predicted molar refractivity (Wildman–Crippen MR) is 117 cm³/mol. The van der Waals surface area contributed by atoms with Crippen LogP contribution in [0.15, 0.2) is 16.9 Å². The quantitative estimate of drug-likeness (QED) is 0.758. The van der Waals surface area contributed by atoms with Crippen molar-refractivity contribution < 1.29 is 18.5 Å². The summed E-state index contributed by atoms with van der Waals surface area (Å²) in [5.74, 6) is 0.280. The lowest BCUT2D eigenvalue weighted by molar-refractivity contribution is -0.130. The normalized spacial score (nSPS) is 33.0. The van der Waals surface area contributed by atoms with Gasteiger partial charge >= 0.3 is 0 Å². The minimum absolute atomic E-state index is 0.0526. The molecule has 1 aliphatic carbocycles. The molecule has 2 unspecified atom stereocenters. The molecule has 2 aliphatic heterocycles. The molecule has 31 heavy (non-hydrogen) atoms. The monoisotopic (exact) mass is 448 g/mol. The number of aryl methyl sites for hydroxylation is 1. The van der Waals surface area contributed by atoms with Crippen LogP contribution in [0.2, 0.25) is 0 Å². The SMILES string of the molecule is CC(C)C(=O)N=S1(=O)CCC2(CC1)CC(NC(=O)C1CCc3ncncc3C1)CCO2. The zero-order valence-corrected chi connectivity index (χ0v) is 19.2. The van der Waals surface area contributed by atoms with Gasteiger partial charge in [-0.3, -0.25) is 9.59 Å². The number of ether oxygens (including phenoxy) is 1. The van der Waals surface area contributed by atoms with Gasteiger partial charge in [0, 0.05) is 47.9 Å². The summed E-state index contributed by atoms with van der Waals surface area (Å²) in [6, 6.07) is 0.0538. The van der Waals surface area contributed by atoms with Crippen molar-refractivity contribution in [2.24, 2.45) is 16.2 Å². The van der Waals surface area contributed by atoms with E-state index in [1.807, 2.05) is 6.20 Å². The number of rotatable bonds is 3. The molecule has 2 saturated heterocycles. The second kappa shape index (κ2) is 8.94. The van der Waals surface area contributed by atoms with Crippen LogP contribution in [0.25, 0.3) is 0 Å². The first kappa shape index (κ1) is 22.3. The van der Waals surface area contributed by atoms with Crippen LogP contribution in [-0.4, -0.2) is 55.7 Å². The highest BCUT2D eigenvalue weighted by molar-refractivity contribution is 7.93. The van der Waals surface area contributed by atoms with Crippen LogP contribution in [0.3, 0.4) is 0 Å². The Bertz CT molecular complexity index is 956. The van der Waals surface area contributed by atoms with Crippen LogP contribution in [0.4, 0.5) is 0 Å². The average molecular weight is 449 g/mol. The van der Waals surface area contributed by atoms with Gasteiger partial charge in [-0.15, -0.1) is 0 Å². The molecule has 1 aromatic heterocycles. The van der Waals surface area contributed by atoms with Gasteiger partial charge in [-0.25, -0.2) is 14.2 Å². The van der Waals surface area contributed by atoms with Gasteiger partial charge in [-0.05, 0) is 50.5 Å². The van der Waals surface area contributed by atoms with Crippen LogP contribution in [0.1, 0.15) is 57.2 Å². The van der Waals surface area contributed by atoms with E-state index in [0.717, 1.165) is 36.9 Å². The molecule has 2 amide bonds. The van der Waals surface area contributed by atoms with E-state index in [2.05, 4.69) is 19.6 Å². The van der Waals surface area contributed by atoms with Gasteiger partial charge in [0.05, 0.1) is 15.3 Å². The molecular formula is C22H32N4O4S. The van der Waals surface area contributed by atoms with Gasteiger partial charge in [0.15, 0.2) is 0 Å². The maximum absolute atomic E-state index is 13.0. The molecule has 0 radical (unpaired) electrons. The molecule has 0 aromatic carbocycles. The first-order valence-electron chi connectivity index (χ1n) is 11.3. The molecule has 2 fully saturated rings. The van der Waals surface area contributed by atoms with E-state index in [9.17, 15) is 13.8 Å². The number of nitrogens with one attached hydrogen (secondary N) is 1. The molecule has 1 aromatic rings. The highest BCUT2D eigenvalue weighted by Gasteiger charge is 2.42. The summed E-state index contributed by atoms with van der Waals surface area (Å²) < 4.78 is 23.2. The van der Waals surface area contributed by atoms with Crippen LogP contribution < -0.4 is 5.32 Å². The Morgan fingerprint density at radius 3 is 2.81 bits per heavy atom. The molecule has 1 N–H and O–H groups in total. The Kier molecular flexibility index (Phi) is 6.44. The highest BCUT2D eigenvalue weighted by Crippen LogP contribution is 2.37. The first-order valence-corrected chi connectivity index (χ1v) is 13.1. The van der Waals surface area contributed by atoms with E-state index >= 15 is 0 Å². The van der Waals surface area contributed by atoms with Crippen LogP contribution in [0.5, 0.6) is 0 Å². The zero-order chi connectivity index (χ0) is 22.1. The van der Waals surface area contributed by atoms with Crippen molar-refractivity contribution in [2.45, 2.75) is 70.4 Å². The molecule has 170 valence electrons. The third-order valence-corrected chi connectivity index (χ3v) is 8.99. The van der Waals surface area contributed by atoms with Gasteiger partial charge in [-0.1, -0.05) is 13.8 Å². The number of amides is 2. The summed E-state index contributed by atoms with van der Waals surface area (Å²) in [5, 5.41) is 3.25. The van der Waals surface area contributed by atoms with Crippen molar-refractivity contribution in [2.75, 3.05) is 18.1 Å². The lowest BCUT2D eigenvalue weighted by atomic mass is 9.84. The standard InChI is InChI=1S/C22H32N4O4S/c1-15(2)20(27)26-31(29)9-6-22(7-10-31)12-18(5-8-30-22)25-21(28)16-3-4-19-17(11-16)13-23-14-24-19/h13-16,18H,3-12H2,1-2H3,(H,25,28). The number of nitrogens with zero attached hydrogens (tertiary/aromatic N) is 3. The lowest BCUT2D eigenvalue weighted by Gasteiger charge is -2.44. The molecule has 9 heteroatoms. The summed E-state index contributed by atoms with van der Waals surface area (Å²) in [7, 11) is -2.50. The van der Waals surface area contributed by atoms with Gasteiger partial charge in [-0.2, -0.15) is 4.36 Å². The van der Waals surface area contributed by atoms with Gasteiger partial charge < -0.3 is 10.1 Å². The van der Waals surface area contributed by atoms with Crippen LogP contribution >= 0.6 is 0 Å². The number of fused-ring (bicyclic) bond motifs is 1. The summed E-state index contributed by atoms with van der Waals surface area (Å²) >= 11 is 0. The number of hydrogen-bond acceptors (Lipinski definition) is 6. The Labute approximate surface area is 184 Å². The number of aromatic nitrogens is 2. The van der Waals surface area contributed by atoms with E-state index in [-0.39, 0.29) is 35.3 Å². The number of carbonyl (C=O) groups is 2. The summed E-state index contributed by atoms with van der Waals surface area (Å²) in [6.07, 6.45) is 8.41. The third-order valence-electron chi connectivity index (χ3n) is 6.79. The first-order chi connectivity index (χ1) is 14.8. The molecule has 3 aliphatic rings. The summed E-state index contributed by atoms with van der Waals surface area (Å²) in [4.78, 5) is 33.3. The fourth-order valence-electron chi connectivity index (χ4n) is 4.78. The van der Waals surface area contributed by atoms with Crippen molar-refractivity contribution in [3.8, 4) is 0 Å². The number of hydrogen-bond donors (Lipinski definition) is 1. The average Bonchev–Trinajstić information content (AvgIpc) is 2.76. The van der Waals surface area contributed by atoms with Gasteiger partial charge in [0.25, 0.3) is 5.91 Å². The Hall–Kier alpha value is -1.87. The van der Waals surface area contributed by atoms with Crippen molar-refractivity contribution in [1.29, 1.82) is 0 Å². The molecular weight excluding hydrogens is 416 g/mol. The summed E-state index contributed by atoms with van der Waals surface area (Å²) in [5.41, 5.74) is 1.75. The van der Waals surface area contributed by atoms with Crippen molar-refractivity contribution in [3.05, 3.63) is 23.8 Å². The molecule has 1 spiro atoms. The van der Waals surface area contributed by atoms with Crippen molar-refractivity contribution in [1.82, 2.24) is 15.3 Å². The summed E-state index contributed by atoms with van der Waals surface area (Å²) in [6.45, 7) is 4.12. The third kappa shape index (κ3) is 5.14. The van der Waals surface area contributed by atoms with Gasteiger partial charge in [0.1, 0.15) is 6.33 Å². The molecule has 2 atom stereocenters. The molecule has 0 bridgehead atoms. The van der Waals surface area contributed by atoms with E-state index in [0.29, 0.717) is 37.4 Å². The van der Waals surface area contributed by atoms with Crippen molar-refractivity contribution in [3.63, 3.8) is 0 Å². The van der Waals surface area contributed by atoms with Crippen molar-refractivity contribution >= 4 is 21.5 Å². The van der Waals surface area contributed by atoms with Crippen LogP contribution in [0, 0.1) is 11.8 Å². The van der Waals surface area contributed by atoms with E-state index < -0.39 is 9.73 Å².